The second-order valence-corrected chi connectivity index (χ2v) is 6.17. The van der Waals surface area contributed by atoms with Crippen LogP contribution in [0.4, 0.5) is 4.39 Å². The zero-order valence-corrected chi connectivity index (χ0v) is 12.4. The first kappa shape index (κ1) is 14.1. The average Bonchev–Trinajstić information content (AvgIpc) is 2.46. The van der Waals surface area contributed by atoms with Crippen LogP contribution in [-0.2, 0) is 6.54 Å². The van der Waals surface area contributed by atoms with Crippen molar-refractivity contribution in [3.05, 3.63) is 65.5 Å². The molecule has 0 amide bonds. The maximum absolute atomic E-state index is 13.5. The minimum Gasteiger partial charge on any atom is -0.487 e. The van der Waals surface area contributed by atoms with Crippen LogP contribution >= 0.6 is 0 Å². The zero-order valence-electron chi connectivity index (χ0n) is 12.4. The molecule has 0 aliphatic carbocycles. The smallest absolute Gasteiger partial charge is 0.125 e. The number of hydrogen-bond acceptors (Lipinski definition) is 2. The number of nitrogens with one attached hydrogen (secondary N) is 1. The normalized spacial score (nSPS) is 19.7. The molecule has 1 aliphatic rings. The van der Waals surface area contributed by atoms with Crippen LogP contribution in [0.25, 0.3) is 0 Å². The lowest BCUT2D eigenvalue weighted by molar-refractivity contribution is 0.0654. The van der Waals surface area contributed by atoms with Gasteiger partial charge in [-0.25, -0.2) is 4.39 Å². The highest BCUT2D eigenvalue weighted by molar-refractivity contribution is 5.39. The number of rotatable bonds is 3. The minimum atomic E-state index is -0.251. The van der Waals surface area contributed by atoms with Crippen molar-refractivity contribution in [2.75, 3.05) is 0 Å². The second kappa shape index (κ2) is 5.49. The Bertz CT molecular complexity index is 624. The number of benzene rings is 2. The number of halogens is 1. The lowest BCUT2D eigenvalue weighted by Crippen LogP contribution is -2.39. The summed E-state index contributed by atoms with van der Waals surface area (Å²) in [7, 11) is 0. The fraction of sp³-hybridized carbons (Fsp3) is 0.333. The number of fused-ring (bicyclic) bond motifs is 1. The summed E-state index contributed by atoms with van der Waals surface area (Å²) < 4.78 is 19.5. The SMILES string of the molecule is CC1(C)CC(NCc2ccccc2)c2cc(F)ccc2O1. The molecule has 3 heteroatoms. The highest BCUT2D eigenvalue weighted by Crippen LogP contribution is 2.39. The van der Waals surface area contributed by atoms with Gasteiger partial charge >= 0.3 is 0 Å². The topological polar surface area (TPSA) is 21.3 Å². The molecule has 1 atom stereocenters. The van der Waals surface area contributed by atoms with Gasteiger partial charge in [0.25, 0.3) is 0 Å². The maximum atomic E-state index is 13.5. The van der Waals surface area contributed by atoms with Crippen LogP contribution in [-0.4, -0.2) is 5.60 Å². The molecule has 0 radical (unpaired) electrons. The Kier molecular flexibility index (Phi) is 3.68. The summed E-state index contributed by atoms with van der Waals surface area (Å²) in [6, 6.07) is 15.1. The molecule has 2 aromatic carbocycles. The van der Waals surface area contributed by atoms with E-state index in [2.05, 4.69) is 31.3 Å². The highest BCUT2D eigenvalue weighted by atomic mass is 19.1. The van der Waals surface area contributed by atoms with Crippen molar-refractivity contribution in [2.45, 2.75) is 38.5 Å². The third kappa shape index (κ3) is 3.24. The van der Waals surface area contributed by atoms with E-state index in [0.717, 1.165) is 24.3 Å². The fourth-order valence-electron chi connectivity index (χ4n) is 2.84. The molecule has 21 heavy (non-hydrogen) atoms. The van der Waals surface area contributed by atoms with E-state index >= 15 is 0 Å². The molecule has 1 N–H and O–H groups in total. The predicted molar refractivity (Wildman–Crippen MR) is 81.7 cm³/mol. The third-order valence-corrected chi connectivity index (χ3v) is 3.82. The molecule has 0 aromatic heterocycles. The van der Waals surface area contributed by atoms with E-state index in [-0.39, 0.29) is 17.5 Å². The van der Waals surface area contributed by atoms with Crippen molar-refractivity contribution in [2.24, 2.45) is 0 Å². The Balaban J connectivity index is 1.82. The van der Waals surface area contributed by atoms with Gasteiger partial charge in [0.05, 0.1) is 0 Å². The number of ether oxygens (including phenoxy) is 1. The van der Waals surface area contributed by atoms with Crippen LogP contribution in [0, 0.1) is 5.82 Å². The third-order valence-electron chi connectivity index (χ3n) is 3.82. The minimum absolute atomic E-state index is 0.0969. The molecule has 2 nitrogen and oxygen atoms in total. The van der Waals surface area contributed by atoms with Gasteiger partial charge in [0.1, 0.15) is 17.2 Å². The Labute approximate surface area is 125 Å². The molecule has 0 spiro atoms. The molecule has 0 bridgehead atoms. The molecular formula is C18H20FNO. The van der Waals surface area contributed by atoms with Gasteiger partial charge in [-0.05, 0) is 37.6 Å². The summed E-state index contributed by atoms with van der Waals surface area (Å²) in [5.41, 5.74) is 1.88. The quantitative estimate of drug-likeness (QED) is 0.911. The standard InChI is InChI=1S/C18H20FNO/c1-18(2)11-16(20-12-13-6-4-3-5-7-13)15-10-14(19)8-9-17(15)21-18/h3-10,16,20H,11-12H2,1-2H3. The van der Waals surface area contributed by atoms with E-state index in [9.17, 15) is 4.39 Å². The van der Waals surface area contributed by atoms with Crippen molar-refractivity contribution in [1.29, 1.82) is 0 Å². The van der Waals surface area contributed by atoms with Gasteiger partial charge in [-0.3, -0.25) is 0 Å². The van der Waals surface area contributed by atoms with Gasteiger partial charge in [-0.1, -0.05) is 30.3 Å². The van der Waals surface area contributed by atoms with Crippen molar-refractivity contribution < 1.29 is 9.13 Å². The van der Waals surface area contributed by atoms with Crippen molar-refractivity contribution in [3.8, 4) is 5.75 Å². The molecule has 3 rings (SSSR count). The zero-order chi connectivity index (χ0) is 14.9. The molecule has 0 saturated heterocycles. The van der Waals surface area contributed by atoms with E-state index in [1.165, 1.54) is 11.6 Å². The Hall–Kier alpha value is -1.87. The van der Waals surface area contributed by atoms with Gasteiger partial charge in [0.2, 0.25) is 0 Å². The monoisotopic (exact) mass is 285 g/mol. The first-order chi connectivity index (χ1) is 10.0. The van der Waals surface area contributed by atoms with Crippen LogP contribution in [0.5, 0.6) is 5.75 Å². The average molecular weight is 285 g/mol. The van der Waals surface area contributed by atoms with Crippen LogP contribution < -0.4 is 10.1 Å². The van der Waals surface area contributed by atoms with Crippen LogP contribution in [0.2, 0.25) is 0 Å². The second-order valence-electron chi connectivity index (χ2n) is 6.17. The summed E-state index contributed by atoms with van der Waals surface area (Å²) in [5, 5.41) is 3.53. The van der Waals surface area contributed by atoms with Crippen LogP contribution in [0.3, 0.4) is 0 Å². The van der Waals surface area contributed by atoms with E-state index in [4.69, 9.17) is 4.74 Å². The van der Waals surface area contributed by atoms with Gasteiger partial charge < -0.3 is 10.1 Å². The summed E-state index contributed by atoms with van der Waals surface area (Å²) >= 11 is 0. The molecule has 1 unspecified atom stereocenters. The molecule has 110 valence electrons. The lowest BCUT2D eigenvalue weighted by atomic mass is 9.89. The van der Waals surface area contributed by atoms with Gasteiger partial charge in [0, 0.05) is 24.6 Å². The molecule has 1 heterocycles. The molecular weight excluding hydrogens is 265 g/mol. The van der Waals surface area contributed by atoms with E-state index in [1.807, 2.05) is 18.2 Å². The highest BCUT2D eigenvalue weighted by Gasteiger charge is 2.33. The summed E-state index contributed by atoms with van der Waals surface area (Å²) in [6.45, 7) is 4.89. The Morgan fingerprint density at radius 2 is 1.95 bits per heavy atom. The summed E-state index contributed by atoms with van der Waals surface area (Å²) in [6.07, 6.45) is 0.816. The molecule has 2 aromatic rings. The van der Waals surface area contributed by atoms with Crippen molar-refractivity contribution in [3.63, 3.8) is 0 Å². The van der Waals surface area contributed by atoms with E-state index in [1.54, 1.807) is 12.1 Å². The number of hydrogen-bond donors (Lipinski definition) is 1. The summed E-state index contributed by atoms with van der Waals surface area (Å²) in [5.74, 6) is 0.557. The lowest BCUT2D eigenvalue weighted by Gasteiger charge is -2.38. The van der Waals surface area contributed by atoms with Crippen molar-refractivity contribution >= 4 is 0 Å². The van der Waals surface area contributed by atoms with Crippen LogP contribution in [0.15, 0.2) is 48.5 Å². The molecule has 0 fully saturated rings. The molecule has 0 saturated carbocycles. The van der Waals surface area contributed by atoms with Gasteiger partial charge in [0.15, 0.2) is 0 Å². The van der Waals surface area contributed by atoms with Gasteiger partial charge in [-0.2, -0.15) is 0 Å². The largest absolute Gasteiger partial charge is 0.487 e. The van der Waals surface area contributed by atoms with Crippen molar-refractivity contribution in [1.82, 2.24) is 5.32 Å². The Morgan fingerprint density at radius 1 is 1.19 bits per heavy atom. The first-order valence-corrected chi connectivity index (χ1v) is 7.29. The Morgan fingerprint density at radius 3 is 2.71 bits per heavy atom. The summed E-state index contributed by atoms with van der Waals surface area (Å²) in [4.78, 5) is 0. The van der Waals surface area contributed by atoms with Gasteiger partial charge in [-0.15, -0.1) is 0 Å². The predicted octanol–water partition coefficient (Wildman–Crippen LogP) is 4.22. The van der Waals surface area contributed by atoms with E-state index in [0.29, 0.717) is 0 Å². The molecule has 1 aliphatic heterocycles. The fourth-order valence-corrected chi connectivity index (χ4v) is 2.84. The van der Waals surface area contributed by atoms with E-state index < -0.39 is 0 Å². The first-order valence-electron chi connectivity index (χ1n) is 7.29. The maximum Gasteiger partial charge on any atom is 0.125 e. The van der Waals surface area contributed by atoms with Crippen LogP contribution in [0.1, 0.15) is 37.4 Å².